The molecule has 2 aromatic rings. The second-order valence-electron chi connectivity index (χ2n) is 2.74. The Morgan fingerprint density at radius 1 is 1.29 bits per heavy atom. The molecule has 0 aliphatic rings. The first-order valence-electron chi connectivity index (χ1n) is 4.26. The molecule has 0 unspecified atom stereocenters. The van der Waals surface area contributed by atoms with Crippen LogP contribution in [0, 0.1) is 11.8 Å². The lowest BCUT2D eigenvalue weighted by atomic mass is 10.3. The van der Waals surface area contributed by atoms with Crippen LogP contribution in [-0.4, -0.2) is 10.9 Å². The van der Waals surface area contributed by atoms with E-state index in [9.17, 15) is 0 Å². The first-order chi connectivity index (χ1) is 6.90. The quantitative estimate of drug-likeness (QED) is 0.533. The van der Waals surface area contributed by atoms with E-state index >= 15 is 0 Å². The molecule has 0 saturated heterocycles. The number of nitrogens with zero attached hydrogens (tertiary/aromatic N) is 1. The summed E-state index contributed by atoms with van der Waals surface area (Å²) in [7, 11) is 0. The highest BCUT2D eigenvalue weighted by Crippen LogP contribution is 2.21. The number of thiazole rings is 1. The third-order valence-electron chi connectivity index (χ3n) is 1.77. The monoisotopic (exact) mass is 221 g/mol. The highest BCUT2D eigenvalue weighted by atomic mass is 35.5. The summed E-state index contributed by atoms with van der Waals surface area (Å²) in [5, 5.41) is 1.06. The highest BCUT2D eigenvalue weighted by Gasteiger charge is 2.00. The van der Waals surface area contributed by atoms with Crippen molar-refractivity contribution >= 4 is 33.2 Å². The molecule has 0 fully saturated rings. The summed E-state index contributed by atoms with van der Waals surface area (Å²) in [6.45, 7) is 0. The molecule has 0 spiro atoms. The molecule has 1 heterocycles. The zero-order valence-corrected chi connectivity index (χ0v) is 9.03. The predicted octanol–water partition coefficient (Wildman–Crippen LogP) is 3.08. The number of halogens is 1. The Morgan fingerprint density at radius 3 is 2.93 bits per heavy atom. The number of alkyl halides is 1. The van der Waals surface area contributed by atoms with Crippen molar-refractivity contribution in [2.24, 2.45) is 0 Å². The summed E-state index contributed by atoms with van der Waals surface area (Å²) in [4.78, 5) is 4.46. The molecule has 0 N–H and O–H groups in total. The average Bonchev–Trinajstić information content (AvgIpc) is 2.60. The van der Waals surface area contributed by atoms with Crippen LogP contribution < -0.4 is 0 Å². The molecular formula is C11H8ClNS. The van der Waals surface area contributed by atoms with Gasteiger partial charge in [0.1, 0.15) is 5.01 Å². The maximum atomic E-state index is 5.46. The van der Waals surface area contributed by atoms with Crippen LogP contribution in [0.5, 0.6) is 0 Å². The Morgan fingerprint density at radius 2 is 2.14 bits per heavy atom. The fourth-order valence-corrected chi connectivity index (χ4v) is 2.18. The third-order valence-corrected chi connectivity index (χ3v) is 2.94. The van der Waals surface area contributed by atoms with Crippen molar-refractivity contribution < 1.29 is 0 Å². The van der Waals surface area contributed by atoms with Crippen LogP contribution in [0.4, 0.5) is 0 Å². The van der Waals surface area contributed by atoms with E-state index < -0.39 is 0 Å². The van der Waals surface area contributed by atoms with Crippen LogP contribution in [0.2, 0.25) is 0 Å². The van der Waals surface area contributed by atoms with E-state index in [4.69, 9.17) is 11.6 Å². The zero-order chi connectivity index (χ0) is 9.80. The molecule has 1 aromatic carbocycles. The van der Waals surface area contributed by atoms with E-state index in [2.05, 4.69) is 22.9 Å². The standard InChI is InChI=1S/C11H8ClNS/c12-8-4-3-7-11-13-9-5-1-2-6-10(9)14-11/h1-2,5-6H,7-8H2. The Hall–Kier alpha value is -1.04. The zero-order valence-electron chi connectivity index (χ0n) is 7.46. The van der Waals surface area contributed by atoms with Gasteiger partial charge in [-0.25, -0.2) is 4.98 Å². The van der Waals surface area contributed by atoms with Crippen LogP contribution >= 0.6 is 22.9 Å². The van der Waals surface area contributed by atoms with Crippen molar-refractivity contribution in [1.82, 2.24) is 4.98 Å². The summed E-state index contributed by atoms with van der Waals surface area (Å²) in [5.74, 6) is 6.20. The number of fused-ring (bicyclic) bond motifs is 1. The molecule has 0 radical (unpaired) electrons. The summed E-state index contributed by atoms with van der Waals surface area (Å²) in [6, 6.07) is 8.11. The van der Waals surface area contributed by atoms with Gasteiger partial charge in [-0.15, -0.1) is 22.9 Å². The molecule has 3 heteroatoms. The van der Waals surface area contributed by atoms with E-state index in [0.717, 1.165) is 10.5 Å². The van der Waals surface area contributed by atoms with Crippen molar-refractivity contribution in [2.75, 3.05) is 5.88 Å². The molecule has 0 aliphatic carbocycles. The minimum atomic E-state index is 0.394. The molecule has 1 aromatic heterocycles. The fourth-order valence-electron chi connectivity index (χ4n) is 1.18. The number of para-hydroxylation sites is 1. The van der Waals surface area contributed by atoms with Gasteiger partial charge in [-0.2, -0.15) is 0 Å². The van der Waals surface area contributed by atoms with E-state index in [1.165, 1.54) is 4.70 Å². The Kier molecular flexibility index (Phi) is 3.03. The summed E-state index contributed by atoms with van der Waals surface area (Å²) >= 11 is 7.15. The maximum Gasteiger partial charge on any atom is 0.106 e. The molecule has 14 heavy (non-hydrogen) atoms. The van der Waals surface area contributed by atoms with Crippen LogP contribution in [0.1, 0.15) is 5.01 Å². The number of hydrogen-bond acceptors (Lipinski definition) is 2. The van der Waals surface area contributed by atoms with Crippen molar-refractivity contribution in [3.63, 3.8) is 0 Å². The lowest BCUT2D eigenvalue weighted by molar-refractivity contribution is 1.25. The molecule has 2 rings (SSSR count). The molecule has 0 bridgehead atoms. The van der Waals surface area contributed by atoms with Crippen LogP contribution in [0.3, 0.4) is 0 Å². The Labute approximate surface area is 91.7 Å². The summed E-state index contributed by atoms with van der Waals surface area (Å²) in [6.07, 6.45) is 0.700. The molecule has 1 nitrogen and oxygen atoms in total. The number of hydrogen-bond donors (Lipinski definition) is 0. The van der Waals surface area contributed by atoms with E-state index in [1.807, 2.05) is 18.2 Å². The average molecular weight is 222 g/mol. The normalized spacial score (nSPS) is 9.79. The Bertz CT molecular complexity index is 459. The first-order valence-corrected chi connectivity index (χ1v) is 5.61. The van der Waals surface area contributed by atoms with E-state index in [-0.39, 0.29) is 0 Å². The minimum Gasteiger partial charge on any atom is -0.240 e. The lowest BCUT2D eigenvalue weighted by Crippen LogP contribution is -1.77. The van der Waals surface area contributed by atoms with Gasteiger partial charge in [0.2, 0.25) is 0 Å². The van der Waals surface area contributed by atoms with E-state index in [0.29, 0.717) is 12.3 Å². The largest absolute Gasteiger partial charge is 0.240 e. The van der Waals surface area contributed by atoms with Gasteiger partial charge in [-0.3, -0.25) is 0 Å². The number of benzene rings is 1. The second kappa shape index (κ2) is 4.45. The summed E-state index contributed by atoms with van der Waals surface area (Å²) < 4.78 is 1.22. The number of aromatic nitrogens is 1. The maximum absolute atomic E-state index is 5.46. The molecule has 0 amide bonds. The van der Waals surface area contributed by atoms with Crippen molar-refractivity contribution in [1.29, 1.82) is 0 Å². The number of rotatable bonds is 1. The summed E-state index contributed by atoms with van der Waals surface area (Å²) in [5.41, 5.74) is 1.06. The fraction of sp³-hybridized carbons (Fsp3) is 0.182. The van der Waals surface area contributed by atoms with Gasteiger partial charge in [-0.05, 0) is 12.1 Å². The topological polar surface area (TPSA) is 12.9 Å². The van der Waals surface area contributed by atoms with Crippen molar-refractivity contribution in [3.05, 3.63) is 29.3 Å². The van der Waals surface area contributed by atoms with Gasteiger partial charge in [0.25, 0.3) is 0 Å². The van der Waals surface area contributed by atoms with Gasteiger partial charge in [0.15, 0.2) is 0 Å². The molecule has 0 saturated carbocycles. The second-order valence-corrected chi connectivity index (χ2v) is 4.12. The minimum absolute atomic E-state index is 0.394. The molecular weight excluding hydrogens is 214 g/mol. The highest BCUT2D eigenvalue weighted by molar-refractivity contribution is 7.18. The van der Waals surface area contributed by atoms with Crippen LogP contribution in [0.15, 0.2) is 24.3 Å². The third kappa shape index (κ3) is 2.06. The van der Waals surface area contributed by atoms with Gasteiger partial charge in [-0.1, -0.05) is 24.0 Å². The van der Waals surface area contributed by atoms with Gasteiger partial charge in [0, 0.05) is 0 Å². The predicted molar refractivity (Wildman–Crippen MR) is 61.8 cm³/mol. The molecule has 70 valence electrons. The molecule has 0 atom stereocenters. The van der Waals surface area contributed by atoms with Crippen molar-refractivity contribution in [3.8, 4) is 11.8 Å². The van der Waals surface area contributed by atoms with Crippen molar-refractivity contribution in [2.45, 2.75) is 6.42 Å². The SMILES string of the molecule is ClCC#CCc1nc2ccccc2s1. The smallest absolute Gasteiger partial charge is 0.106 e. The van der Waals surface area contributed by atoms with Gasteiger partial charge < -0.3 is 0 Å². The Balaban J connectivity index is 2.27. The van der Waals surface area contributed by atoms with Crippen LogP contribution in [0.25, 0.3) is 10.2 Å². The van der Waals surface area contributed by atoms with Gasteiger partial charge in [0.05, 0.1) is 22.5 Å². The first kappa shape index (κ1) is 9.51. The molecule has 0 aliphatic heterocycles. The van der Waals surface area contributed by atoms with Gasteiger partial charge >= 0.3 is 0 Å². The van der Waals surface area contributed by atoms with E-state index in [1.54, 1.807) is 11.3 Å². The van der Waals surface area contributed by atoms with Crippen LogP contribution in [-0.2, 0) is 6.42 Å². The lowest BCUT2D eigenvalue weighted by Gasteiger charge is -1.81.